The average Bonchev–Trinajstić information content (AvgIpc) is 2.72. The molecule has 3 rings (SSSR count). The van der Waals surface area contributed by atoms with Crippen molar-refractivity contribution in [2.24, 2.45) is 0 Å². The second kappa shape index (κ2) is 8.44. The zero-order valence-corrected chi connectivity index (χ0v) is 16.2. The van der Waals surface area contributed by atoms with Crippen molar-refractivity contribution in [3.05, 3.63) is 70.1 Å². The van der Waals surface area contributed by atoms with Gasteiger partial charge in [0.25, 0.3) is 0 Å². The monoisotopic (exact) mass is 388 g/mol. The Morgan fingerprint density at radius 1 is 1.14 bits per heavy atom. The fourth-order valence-corrected chi connectivity index (χ4v) is 3.15. The Morgan fingerprint density at radius 2 is 1.83 bits per heavy atom. The highest BCUT2D eigenvalue weighted by molar-refractivity contribution is 5.96. The van der Waals surface area contributed by atoms with Crippen molar-refractivity contribution in [2.75, 3.05) is 18.0 Å². The van der Waals surface area contributed by atoms with Crippen LogP contribution in [0.5, 0.6) is 0 Å². The number of carboxylic acids is 1. The Kier molecular flexibility index (Phi) is 5.79. The van der Waals surface area contributed by atoms with Crippen molar-refractivity contribution in [3.63, 3.8) is 0 Å². The van der Waals surface area contributed by atoms with Gasteiger partial charge in [0, 0.05) is 30.2 Å². The van der Waals surface area contributed by atoms with Crippen LogP contribution in [-0.4, -0.2) is 24.2 Å². The van der Waals surface area contributed by atoms with Gasteiger partial charge in [-0.1, -0.05) is 24.3 Å². The highest BCUT2D eigenvalue weighted by Crippen LogP contribution is 2.25. The number of benzene rings is 2. The van der Waals surface area contributed by atoms with E-state index in [1.807, 2.05) is 18.2 Å². The maximum absolute atomic E-state index is 12.5. The number of nitrogens with zero attached hydrogens (tertiary/aromatic N) is 2. The Balaban J connectivity index is 1.99. The number of carboxylic acid groups (broad SMARTS) is 1. The number of nitriles is 1. The maximum atomic E-state index is 12.5. The Morgan fingerprint density at radius 3 is 2.41 bits per heavy atom. The van der Waals surface area contributed by atoms with Crippen LogP contribution in [0.15, 0.2) is 63.3 Å². The third-order valence-corrected chi connectivity index (χ3v) is 4.73. The van der Waals surface area contributed by atoms with Gasteiger partial charge in [0.15, 0.2) is 0 Å². The average molecular weight is 388 g/mol. The van der Waals surface area contributed by atoms with Gasteiger partial charge in [-0.05, 0) is 49.2 Å². The van der Waals surface area contributed by atoms with E-state index in [1.54, 1.807) is 36.4 Å². The van der Waals surface area contributed by atoms with Crippen LogP contribution in [-0.2, 0) is 4.79 Å². The molecule has 0 unspecified atom stereocenters. The maximum Gasteiger partial charge on any atom is 0.346 e. The second-order valence-corrected chi connectivity index (χ2v) is 6.44. The summed E-state index contributed by atoms with van der Waals surface area (Å²) < 4.78 is 5.56. The van der Waals surface area contributed by atoms with Crippen molar-refractivity contribution >= 4 is 28.7 Å². The summed E-state index contributed by atoms with van der Waals surface area (Å²) in [4.78, 5) is 25.7. The molecule has 0 atom stereocenters. The Labute approximate surface area is 167 Å². The Bertz CT molecular complexity index is 1180. The number of hydrogen-bond acceptors (Lipinski definition) is 5. The molecular weight excluding hydrogens is 368 g/mol. The minimum atomic E-state index is -1.28. The number of aliphatic carboxylic acids is 1. The molecule has 6 nitrogen and oxygen atoms in total. The SMILES string of the molecule is CCN(CC)c1ccc2cc(-c3ccc(/C=C(/C#N)C(=O)O)cc3)c(=O)oc2c1. The van der Waals surface area contributed by atoms with Crippen LogP contribution in [0.25, 0.3) is 28.2 Å². The molecule has 146 valence electrons. The van der Waals surface area contributed by atoms with E-state index in [1.165, 1.54) is 6.08 Å². The highest BCUT2D eigenvalue weighted by Gasteiger charge is 2.11. The first kappa shape index (κ1) is 19.9. The molecule has 1 heterocycles. The fourth-order valence-electron chi connectivity index (χ4n) is 3.15. The summed E-state index contributed by atoms with van der Waals surface area (Å²) in [5.74, 6) is -1.28. The summed E-state index contributed by atoms with van der Waals surface area (Å²) in [6.45, 7) is 5.87. The first-order valence-corrected chi connectivity index (χ1v) is 9.25. The molecule has 0 aliphatic heterocycles. The molecule has 0 radical (unpaired) electrons. The lowest BCUT2D eigenvalue weighted by molar-refractivity contribution is -0.132. The predicted molar refractivity (Wildman–Crippen MR) is 113 cm³/mol. The molecule has 0 spiro atoms. The van der Waals surface area contributed by atoms with Crippen molar-refractivity contribution in [2.45, 2.75) is 13.8 Å². The second-order valence-electron chi connectivity index (χ2n) is 6.44. The number of fused-ring (bicyclic) bond motifs is 1. The topological polar surface area (TPSA) is 94.5 Å². The van der Waals surface area contributed by atoms with E-state index in [0.717, 1.165) is 24.2 Å². The summed E-state index contributed by atoms with van der Waals surface area (Å²) in [6, 6.07) is 15.9. The van der Waals surface area contributed by atoms with Crippen LogP contribution in [0.3, 0.4) is 0 Å². The molecule has 0 amide bonds. The third kappa shape index (κ3) is 4.19. The quantitative estimate of drug-likeness (QED) is 0.384. The number of carbonyl (C=O) groups is 1. The highest BCUT2D eigenvalue weighted by atomic mass is 16.4. The summed E-state index contributed by atoms with van der Waals surface area (Å²) in [5.41, 5.74) is 2.36. The van der Waals surface area contributed by atoms with Crippen molar-refractivity contribution in [1.29, 1.82) is 5.26 Å². The van der Waals surface area contributed by atoms with Gasteiger partial charge in [-0.2, -0.15) is 5.26 Å². The largest absolute Gasteiger partial charge is 0.477 e. The van der Waals surface area contributed by atoms with Gasteiger partial charge in [-0.3, -0.25) is 0 Å². The summed E-state index contributed by atoms with van der Waals surface area (Å²) in [7, 11) is 0. The molecule has 1 N–H and O–H groups in total. The van der Waals surface area contributed by atoms with Crippen LogP contribution >= 0.6 is 0 Å². The van der Waals surface area contributed by atoms with Crippen LogP contribution in [0.2, 0.25) is 0 Å². The van der Waals surface area contributed by atoms with Gasteiger partial charge in [0.1, 0.15) is 17.2 Å². The lowest BCUT2D eigenvalue weighted by Crippen LogP contribution is -2.21. The number of hydrogen-bond donors (Lipinski definition) is 1. The van der Waals surface area contributed by atoms with Crippen molar-refractivity contribution < 1.29 is 14.3 Å². The molecule has 0 saturated heterocycles. The molecule has 6 heteroatoms. The van der Waals surface area contributed by atoms with Gasteiger partial charge in [0.05, 0.1) is 5.56 Å². The Hall–Kier alpha value is -3.85. The molecule has 29 heavy (non-hydrogen) atoms. The lowest BCUT2D eigenvalue weighted by Gasteiger charge is -2.21. The first-order valence-electron chi connectivity index (χ1n) is 9.25. The molecule has 1 aromatic heterocycles. The van der Waals surface area contributed by atoms with Crippen molar-refractivity contribution in [3.8, 4) is 17.2 Å². The summed E-state index contributed by atoms with van der Waals surface area (Å²) in [6.07, 6.45) is 1.28. The van der Waals surface area contributed by atoms with Crippen LogP contribution in [0, 0.1) is 11.3 Å². The van der Waals surface area contributed by atoms with E-state index < -0.39 is 11.6 Å². The molecule has 3 aromatic rings. The van der Waals surface area contributed by atoms with Gasteiger partial charge in [-0.15, -0.1) is 0 Å². The third-order valence-electron chi connectivity index (χ3n) is 4.73. The molecule has 0 aliphatic carbocycles. The molecule has 0 aliphatic rings. The molecule has 2 aromatic carbocycles. The van der Waals surface area contributed by atoms with E-state index in [0.29, 0.717) is 22.3 Å². The van der Waals surface area contributed by atoms with Crippen LogP contribution in [0.1, 0.15) is 19.4 Å². The van der Waals surface area contributed by atoms with Gasteiger partial charge in [0.2, 0.25) is 0 Å². The van der Waals surface area contributed by atoms with E-state index in [4.69, 9.17) is 14.8 Å². The minimum Gasteiger partial charge on any atom is -0.477 e. The number of rotatable bonds is 6. The first-order chi connectivity index (χ1) is 14.0. The van der Waals surface area contributed by atoms with E-state index in [2.05, 4.69) is 18.7 Å². The smallest absolute Gasteiger partial charge is 0.346 e. The van der Waals surface area contributed by atoms with Gasteiger partial charge >= 0.3 is 11.6 Å². The van der Waals surface area contributed by atoms with Crippen LogP contribution < -0.4 is 10.5 Å². The normalized spacial score (nSPS) is 11.3. The summed E-state index contributed by atoms with van der Waals surface area (Å²) >= 11 is 0. The lowest BCUT2D eigenvalue weighted by atomic mass is 10.0. The van der Waals surface area contributed by atoms with E-state index in [9.17, 15) is 9.59 Å². The minimum absolute atomic E-state index is 0.355. The van der Waals surface area contributed by atoms with Gasteiger partial charge in [-0.25, -0.2) is 9.59 Å². The molecular formula is C23H20N2O4. The molecule has 0 bridgehead atoms. The zero-order valence-electron chi connectivity index (χ0n) is 16.2. The van der Waals surface area contributed by atoms with Crippen LogP contribution in [0.4, 0.5) is 5.69 Å². The van der Waals surface area contributed by atoms with Crippen molar-refractivity contribution in [1.82, 2.24) is 0 Å². The van der Waals surface area contributed by atoms with E-state index in [-0.39, 0.29) is 5.57 Å². The summed E-state index contributed by atoms with van der Waals surface area (Å²) in [5, 5.41) is 18.6. The van der Waals surface area contributed by atoms with E-state index >= 15 is 0 Å². The van der Waals surface area contributed by atoms with Gasteiger partial charge < -0.3 is 14.4 Å². The standard InChI is InChI=1S/C23H20N2O4/c1-3-25(4-2)19-10-9-17-12-20(23(28)29-21(17)13-19)16-7-5-15(6-8-16)11-18(14-24)22(26)27/h5-13H,3-4H2,1-2H3,(H,26,27)/b18-11-. The fraction of sp³-hybridized carbons (Fsp3) is 0.174. The molecule has 0 fully saturated rings. The molecule has 0 saturated carbocycles. The predicted octanol–water partition coefficient (Wildman–Crippen LogP) is 4.30. The number of anilines is 1. The zero-order chi connectivity index (χ0) is 21.0.